The van der Waals surface area contributed by atoms with Gasteiger partial charge in [0.15, 0.2) is 11.6 Å². The van der Waals surface area contributed by atoms with E-state index in [-0.39, 0.29) is 11.9 Å². The quantitative estimate of drug-likeness (QED) is 0.864. The third-order valence-corrected chi connectivity index (χ3v) is 3.83. The molecule has 5 heteroatoms. The maximum atomic E-state index is 13.6. The van der Waals surface area contributed by atoms with Gasteiger partial charge in [-0.2, -0.15) is 0 Å². The summed E-state index contributed by atoms with van der Waals surface area (Å²) in [6.45, 7) is 3.59. The van der Waals surface area contributed by atoms with E-state index in [1.807, 2.05) is 25.1 Å². The van der Waals surface area contributed by atoms with Crippen molar-refractivity contribution in [3.8, 4) is 5.75 Å². The normalized spacial score (nSPS) is 15.9. The van der Waals surface area contributed by atoms with E-state index >= 15 is 0 Å². The molecule has 0 atom stereocenters. The third-order valence-electron chi connectivity index (χ3n) is 3.83. The molecule has 0 amide bonds. The highest BCUT2D eigenvalue weighted by Crippen LogP contribution is 2.24. The van der Waals surface area contributed by atoms with Crippen molar-refractivity contribution in [2.24, 2.45) is 0 Å². The van der Waals surface area contributed by atoms with Gasteiger partial charge in [0, 0.05) is 37.7 Å². The largest absolute Gasteiger partial charge is 0.487 e. The fourth-order valence-electron chi connectivity index (χ4n) is 2.66. The summed E-state index contributed by atoms with van der Waals surface area (Å²) in [7, 11) is 0. The lowest BCUT2D eigenvalue weighted by atomic mass is 10.1. The molecule has 1 saturated heterocycles. The highest BCUT2D eigenvalue weighted by molar-refractivity contribution is 5.39. The lowest BCUT2D eigenvalue weighted by Gasteiger charge is -2.33. The van der Waals surface area contributed by atoms with Crippen molar-refractivity contribution in [1.29, 1.82) is 0 Å². The Morgan fingerprint density at radius 3 is 2.59 bits per heavy atom. The second-order valence-electron chi connectivity index (χ2n) is 5.52. The van der Waals surface area contributed by atoms with Crippen LogP contribution < -0.4 is 9.64 Å². The van der Waals surface area contributed by atoms with Gasteiger partial charge in [-0.25, -0.2) is 13.8 Å². The minimum atomic E-state index is -0.650. The summed E-state index contributed by atoms with van der Waals surface area (Å²) in [4.78, 5) is 6.72. The highest BCUT2D eigenvalue weighted by atomic mass is 19.1. The van der Waals surface area contributed by atoms with E-state index in [0.29, 0.717) is 0 Å². The number of aromatic nitrogens is 1. The van der Waals surface area contributed by atoms with E-state index in [0.717, 1.165) is 43.5 Å². The van der Waals surface area contributed by atoms with Crippen LogP contribution in [0.1, 0.15) is 18.5 Å². The van der Waals surface area contributed by atoms with Crippen molar-refractivity contribution in [2.45, 2.75) is 25.9 Å². The molecule has 22 heavy (non-hydrogen) atoms. The number of hydrogen-bond acceptors (Lipinski definition) is 3. The van der Waals surface area contributed by atoms with Crippen molar-refractivity contribution >= 4 is 5.82 Å². The standard InChI is InChI=1S/C17H18F2N2O/c1-12-3-2-4-17(20-12)21-9-7-14(8-10-21)22-16-6-5-13(18)11-15(16)19/h2-6,11,14H,7-10H2,1H3. The minimum Gasteiger partial charge on any atom is -0.487 e. The van der Waals surface area contributed by atoms with E-state index in [1.54, 1.807) is 0 Å². The Hall–Kier alpha value is -2.17. The predicted molar refractivity (Wildman–Crippen MR) is 81.2 cm³/mol. The molecule has 0 bridgehead atoms. The summed E-state index contributed by atoms with van der Waals surface area (Å²) in [6, 6.07) is 9.36. The van der Waals surface area contributed by atoms with Crippen LogP contribution in [0.5, 0.6) is 5.75 Å². The third kappa shape index (κ3) is 3.35. The predicted octanol–water partition coefficient (Wildman–Crippen LogP) is 3.72. The number of nitrogens with zero attached hydrogens (tertiary/aromatic N) is 2. The molecule has 116 valence electrons. The molecular weight excluding hydrogens is 286 g/mol. The SMILES string of the molecule is Cc1cccc(N2CCC(Oc3ccc(F)cc3F)CC2)n1. The molecule has 2 heterocycles. The van der Waals surface area contributed by atoms with Crippen LogP contribution >= 0.6 is 0 Å². The van der Waals surface area contributed by atoms with E-state index < -0.39 is 11.6 Å². The molecule has 1 aromatic heterocycles. The van der Waals surface area contributed by atoms with Gasteiger partial charge < -0.3 is 9.64 Å². The number of benzene rings is 1. The summed E-state index contributed by atoms with van der Waals surface area (Å²) in [6.07, 6.45) is 1.51. The molecule has 1 fully saturated rings. The van der Waals surface area contributed by atoms with E-state index in [9.17, 15) is 8.78 Å². The zero-order valence-electron chi connectivity index (χ0n) is 12.4. The van der Waals surface area contributed by atoms with Crippen LogP contribution in [0.3, 0.4) is 0 Å². The van der Waals surface area contributed by atoms with E-state index in [4.69, 9.17) is 4.74 Å². The van der Waals surface area contributed by atoms with Crippen LogP contribution in [0.4, 0.5) is 14.6 Å². The summed E-state index contributed by atoms with van der Waals surface area (Å²) in [5.41, 5.74) is 0.990. The van der Waals surface area contributed by atoms with Gasteiger partial charge in [-0.05, 0) is 31.2 Å². The number of aryl methyl sites for hydroxylation is 1. The maximum absolute atomic E-state index is 13.6. The van der Waals surface area contributed by atoms with Crippen LogP contribution in [-0.2, 0) is 0 Å². The Balaban J connectivity index is 1.60. The first-order valence-electron chi connectivity index (χ1n) is 7.42. The van der Waals surface area contributed by atoms with E-state index in [1.165, 1.54) is 12.1 Å². The molecule has 1 aliphatic heterocycles. The molecule has 0 aliphatic carbocycles. The lowest BCUT2D eigenvalue weighted by molar-refractivity contribution is 0.163. The zero-order chi connectivity index (χ0) is 15.5. The van der Waals surface area contributed by atoms with Gasteiger partial charge in [0.1, 0.15) is 17.7 Å². The highest BCUT2D eigenvalue weighted by Gasteiger charge is 2.22. The Kier molecular flexibility index (Phi) is 4.22. The first-order valence-corrected chi connectivity index (χ1v) is 7.42. The summed E-state index contributed by atoms with van der Waals surface area (Å²) in [5.74, 6) is -0.159. The molecule has 2 aromatic rings. The first kappa shape index (κ1) is 14.8. The Morgan fingerprint density at radius 1 is 1.14 bits per heavy atom. The summed E-state index contributed by atoms with van der Waals surface area (Å²) < 4.78 is 32.2. The fourth-order valence-corrected chi connectivity index (χ4v) is 2.66. The monoisotopic (exact) mass is 304 g/mol. The number of anilines is 1. The van der Waals surface area contributed by atoms with Gasteiger partial charge in [0.05, 0.1) is 0 Å². The molecule has 1 aromatic carbocycles. The average molecular weight is 304 g/mol. The van der Waals surface area contributed by atoms with Gasteiger partial charge in [-0.15, -0.1) is 0 Å². The Labute approximate surface area is 128 Å². The molecule has 0 radical (unpaired) electrons. The van der Waals surface area contributed by atoms with Crippen LogP contribution in [0.2, 0.25) is 0 Å². The summed E-state index contributed by atoms with van der Waals surface area (Å²) in [5, 5.41) is 0. The number of rotatable bonds is 3. The van der Waals surface area contributed by atoms with Crippen molar-refractivity contribution in [1.82, 2.24) is 4.98 Å². The molecule has 3 nitrogen and oxygen atoms in total. The average Bonchev–Trinajstić information content (AvgIpc) is 2.51. The van der Waals surface area contributed by atoms with Crippen molar-refractivity contribution in [3.05, 3.63) is 53.7 Å². The first-order chi connectivity index (χ1) is 10.6. The molecule has 0 saturated carbocycles. The van der Waals surface area contributed by atoms with Gasteiger partial charge in [0.2, 0.25) is 0 Å². The number of ether oxygens (including phenoxy) is 1. The zero-order valence-corrected chi connectivity index (χ0v) is 12.4. The van der Waals surface area contributed by atoms with Crippen LogP contribution in [0.15, 0.2) is 36.4 Å². The number of pyridine rings is 1. The minimum absolute atomic E-state index is 0.0546. The van der Waals surface area contributed by atoms with Crippen LogP contribution in [0, 0.1) is 18.6 Å². The number of hydrogen-bond donors (Lipinski definition) is 0. The van der Waals surface area contributed by atoms with Gasteiger partial charge >= 0.3 is 0 Å². The summed E-state index contributed by atoms with van der Waals surface area (Å²) >= 11 is 0. The van der Waals surface area contributed by atoms with Crippen LogP contribution in [0.25, 0.3) is 0 Å². The molecule has 0 unspecified atom stereocenters. The molecular formula is C17H18F2N2O. The molecule has 1 aliphatic rings. The fraction of sp³-hybridized carbons (Fsp3) is 0.353. The van der Waals surface area contributed by atoms with Gasteiger partial charge in [0.25, 0.3) is 0 Å². The molecule has 3 rings (SSSR count). The van der Waals surface area contributed by atoms with Crippen molar-refractivity contribution < 1.29 is 13.5 Å². The maximum Gasteiger partial charge on any atom is 0.167 e. The second-order valence-corrected chi connectivity index (χ2v) is 5.52. The van der Waals surface area contributed by atoms with Crippen molar-refractivity contribution in [3.63, 3.8) is 0 Å². The van der Waals surface area contributed by atoms with Crippen LogP contribution in [-0.4, -0.2) is 24.2 Å². The second kappa shape index (κ2) is 6.30. The van der Waals surface area contributed by atoms with Gasteiger partial charge in [-0.3, -0.25) is 0 Å². The number of piperidine rings is 1. The topological polar surface area (TPSA) is 25.4 Å². The lowest BCUT2D eigenvalue weighted by Crippen LogP contribution is -2.38. The molecule has 0 spiro atoms. The number of halogens is 2. The smallest absolute Gasteiger partial charge is 0.167 e. The van der Waals surface area contributed by atoms with E-state index in [2.05, 4.69) is 9.88 Å². The Bertz CT molecular complexity index is 655. The van der Waals surface area contributed by atoms with Crippen molar-refractivity contribution in [2.75, 3.05) is 18.0 Å². The van der Waals surface area contributed by atoms with Gasteiger partial charge in [-0.1, -0.05) is 6.07 Å². The Morgan fingerprint density at radius 2 is 1.91 bits per heavy atom. The molecule has 0 N–H and O–H groups in total.